The van der Waals surface area contributed by atoms with Gasteiger partial charge in [0.25, 0.3) is 5.91 Å². The highest BCUT2D eigenvalue weighted by Gasteiger charge is 2.07. The molecule has 4 nitrogen and oxygen atoms in total. The topological polar surface area (TPSA) is 58.2 Å². The van der Waals surface area contributed by atoms with Gasteiger partial charge in [0.05, 0.1) is 0 Å². The fourth-order valence-electron chi connectivity index (χ4n) is 1.71. The van der Waals surface area contributed by atoms with Crippen LogP contribution >= 0.6 is 22.9 Å². The van der Waals surface area contributed by atoms with Gasteiger partial charge >= 0.3 is 0 Å². The molecule has 0 spiro atoms. The quantitative estimate of drug-likeness (QED) is 0.859. The number of hydrogen-bond donors (Lipinski definition) is 2. The average molecular weight is 323 g/mol. The highest BCUT2D eigenvalue weighted by Crippen LogP contribution is 2.14. The Morgan fingerprint density at radius 3 is 2.67 bits per heavy atom. The van der Waals surface area contributed by atoms with Crippen LogP contribution in [0.4, 0.5) is 0 Å². The second-order valence-electron chi connectivity index (χ2n) is 4.39. The molecule has 0 aliphatic rings. The van der Waals surface area contributed by atoms with Crippen molar-refractivity contribution in [1.82, 2.24) is 10.6 Å². The maximum atomic E-state index is 11.7. The van der Waals surface area contributed by atoms with Crippen molar-refractivity contribution in [3.8, 4) is 0 Å². The number of nitrogens with one attached hydrogen (secondary N) is 2. The second kappa shape index (κ2) is 7.81. The molecule has 110 valence electrons. The summed E-state index contributed by atoms with van der Waals surface area (Å²) >= 11 is 7.47. The maximum Gasteiger partial charge on any atom is 0.252 e. The molecule has 2 N–H and O–H groups in total. The molecule has 0 radical (unpaired) electrons. The van der Waals surface area contributed by atoms with Gasteiger partial charge in [-0.2, -0.15) is 11.3 Å². The molecule has 0 atom stereocenters. The predicted octanol–water partition coefficient (Wildman–Crippen LogP) is 2.84. The van der Waals surface area contributed by atoms with Crippen molar-refractivity contribution in [1.29, 1.82) is 0 Å². The Hall–Kier alpha value is -1.85. The summed E-state index contributed by atoms with van der Waals surface area (Å²) < 4.78 is 0. The van der Waals surface area contributed by atoms with Crippen LogP contribution in [0, 0.1) is 0 Å². The second-order valence-corrected chi connectivity index (χ2v) is 5.57. The van der Waals surface area contributed by atoms with Gasteiger partial charge in [-0.1, -0.05) is 29.8 Å². The van der Waals surface area contributed by atoms with Crippen LogP contribution in [0.25, 0.3) is 0 Å². The normalized spacial score (nSPS) is 10.1. The van der Waals surface area contributed by atoms with Crippen LogP contribution in [-0.2, 0) is 11.3 Å². The molecule has 2 amide bonds. The minimum atomic E-state index is -0.157. The Bertz CT molecular complexity index is 614. The summed E-state index contributed by atoms with van der Waals surface area (Å²) in [5, 5.41) is 9.72. The first-order valence-electron chi connectivity index (χ1n) is 6.47. The van der Waals surface area contributed by atoms with Crippen molar-refractivity contribution in [2.75, 3.05) is 6.54 Å². The van der Waals surface area contributed by atoms with Gasteiger partial charge in [-0.25, -0.2) is 0 Å². The summed E-state index contributed by atoms with van der Waals surface area (Å²) in [4.78, 5) is 23.3. The minimum absolute atomic E-state index is 0.125. The summed E-state index contributed by atoms with van der Waals surface area (Å²) in [5.41, 5.74) is 1.49. The predicted molar refractivity (Wildman–Crippen MR) is 84.6 cm³/mol. The van der Waals surface area contributed by atoms with Gasteiger partial charge < -0.3 is 10.6 Å². The summed E-state index contributed by atoms with van der Waals surface area (Å²) in [6.07, 6.45) is 0.236. The molecule has 1 aromatic heterocycles. The number of rotatable bonds is 6. The highest BCUT2D eigenvalue weighted by atomic mass is 35.5. The number of carbonyl (C=O) groups is 2. The Labute approximate surface area is 132 Å². The summed E-state index contributed by atoms with van der Waals surface area (Å²) in [7, 11) is 0. The van der Waals surface area contributed by atoms with Crippen LogP contribution in [-0.4, -0.2) is 18.4 Å². The molecule has 0 bridgehead atoms. The van der Waals surface area contributed by atoms with E-state index in [0.29, 0.717) is 23.7 Å². The molecule has 0 saturated heterocycles. The smallest absolute Gasteiger partial charge is 0.252 e. The van der Waals surface area contributed by atoms with Crippen LogP contribution in [0.5, 0.6) is 0 Å². The van der Waals surface area contributed by atoms with Crippen LogP contribution in [0.15, 0.2) is 41.1 Å². The number of amides is 2. The van der Waals surface area contributed by atoms with Crippen LogP contribution in [0.2, 0.25) is 5.02 Å². The fourth-order valence-corrected chi connectivity index (χ4v) is 2.55. The third kappa shape index (κ3) is 4.88. The molecule has 2 aromatic rings. The van der Waals surface area contributed by atoms with Crippen molar-refractivity contribution in [2.45, 2.75) is 13.0 Å². The van der Waals surface area contributed by atoms with Crippen LogP contribution < -0.4 is 10.6 Å². The SMILES string of the molecule is O=C(CCNC(=O)c1ccsc1)NCc1ccccc1Cl. The van der Waals surface area contributed by atoms with E-state index in [1.807, 2.05) is 23.6 Å². The molecule has 0 aliphatic carbocycles. The Morgan fingerprint density at radius 2 is 1.95 bits per heavy atom. The molecular weight excluding hydrogens is 308 g/mol. The van der Waals surface area contributed by atoms with Crippen LogP contribution in [0.1, 0.15) is 22.3 Å². The zero-order valence-corrected chi connectivity index (χ0v) is 12.8. The van der Waals surface area contributed by atoms with Gasteiger partial charge in [-0.15, -0.1) is 0 Å². The molecule has 1 heterocycles. The highest BCUT2D eigenvalue weighted by molar-refractivity contribution is 7.08. The van der Waals surface area contributed by atoms with Crippen molar-refractivity contribution in [3.05, 3.63) is 57.2 Å². The largest absolute Gasteiger partial charge is 0.352 e. The molecule has 0 aliphatic heterocycles. The molecule has 6 heteroatoms. The summed E-state index contributed by atoms with van der Waals surface area (Å²) in [6, 6.07) is 9.10. The Kier molecular flexibility index (Phi) is 5.78. The monoisotopic (exact) mass is 322 g/mol. The zero-order valence-electron chi connectivity index (χ0n) is 11.3. The summed E-state index contributed by atoms with van der Waals surface area (Å²) in [5.74, 6) is -0.282. The first kappa shape index (κ1) is 15.5. The van der Waals surface area contributed by atoms with E-state index in [-0.39, 0.29) is 18.2 Å². The number of halogens is 1. The van der Waals surface area contributed by atoms with Gasteiger partial charge in [0.15, 0.2) is 0 Å². The average Bonchev–Trinajstić information content (AvgIpc) is 3.00. The molecule has 1 aromatic carbocycles. The molecule has 0 fully saturated rings. The first-order valence-corrected chi connectivity index (χ1v) is 7.79. The first-order chi connectivity index (χ1) is 10.2. The van der Waals surface area contributed by atoms with Gasteiger partial charge in [0.1, 0.15) is 0 Å². The van der Waals surface area contributed by atoms with Gasteiger partial charge in [0.2, 0.25) is 5.91 Å². The Balaban J connectivity index is 1.68. The standard InChI is InChI=1S/C15H15ClN2O2S/c16-13-4-2-1-3-11(13)9-18-14(19)5-7-17-15(20)12-6-8-21-10-12/h1-4,6,8,10H,5,7,9H2,(H,17,20)(H,18,19). The number of hydrogen-bond acceptors (Lipinski definition) is 3. The zero-order chi connectivity index (χ0) is 15.1. The van der Waals surface area contributed by atoms with E-state index in [2.05, 4.69) is 10.6 Å². The van der Waals surface area contributed by atoms with E-state index < -0.39 is 0 Å². The lowest BCUT2D eigenvalue weighted by molar-refractivity contribution is -0.121. The van der Waals surface area contributed by atoms with Gasteiger partial charge in [-0.05, 0) is 23.1 Å². The van der Waals surface area contributed by atoms with E-state index >= 15 is 0 Å². The number of thiophene rings is 1. The van der Waals surface area contributed by atoms with Crippen molar-refractivity contribution >= 4 is 34.8 Å². The molecule has 21 heavy (non-hydrogen) atoms. The molecule has 0 saturated carbocycles. The van der Waals surface area contributed by atoms with Gasteiger partial charge in [-0.3, -0.25) is 9.59 Å². The van der Waals surface area contributed by atoms with E-state index in [9.17, 15) is 9.59 Å². The van der Waals surface area contributed by atoms with E-state index in [0.717, 1.165) is 5.56 Å². The molecule has 2 rings (SSSR count). The van der Waals surface area contributed by atoms with Crippen molar-refractivity contribution < 1.29 is 9.59 Å². The van der Waals surface area contributed by atoms with E-state index in [1.165, 1.54) is 11.3 Å². The van der Waals surface area contributed by atoms with E-state index in [1.54, 1.807) is 17.5 Å². The Morgan fingerprint density at radius 1 is 1.14 bits per heavy atom. The lowest BCUT2D eigenvalue weighted by Gasteiger charge is -2.07. The third-order valence-electron chi connectivity index (χ3n) is 2.85. The lowest BCUT2D eigenvalue weighted by Crippen LogP contribution is -2.30. The van der Waals surface area contributed by atoms with Crippen molar-refractivity contribution in [3.63, 3.8) is 0 Å². The molecular formula is C15H15ClN2O2S. The minimum Gasteiger partial charge on any atom is -0.352 e. The third-order valence-corrected chi connectivity index (χ3v) is 3.91. The summed E-state index contributed by atoms with van der Waals surface area (Å²) in [6.45, 7) is 0.694. The van der Waals surface area contributed by atoms with Gasteiger partial charge in [0, 0.05) is 35.5 Å². The van der Waals surface area contributed by atoms with E-state index in [4.69, 9.17) is 11.6 Å². The molecule has 0 unspecified atom stereocenters. The van der Waals surface area contributed by atoms with Crippen molar-refractivity contribution in [2.24, 2.45) is 0 Å². The maximum absolute atomic E-state index is 11.7. The number of carbonyl (C=O) groups excluding carboxylic acids is 2. The fraction of sp³-hybridized carbons (Fsp3) is 0.200. The van der Waals surface area contributed by atoms with Crippen LogP contribution in [0.3, 0.4) is 0 Å². The number of benzene rings is 1. The lowest BCUT2D eigenvalue weighted by atomic mass is 10.2.